The molecule has 1 N–H and O–H groups in total. The summed E-state index contributed by atoms with van der Waals surface area (Å²) in [4.78, 5) is 14.2. The van der Waals surface area contributed by atoms with Crippen molar-refractivity contribution in [3.63, 3.8) is 0 Å². The SMILES string of the molecule is C=C1C2C(c3ccncc3[NH+]3N=CN(C)C13)c1cc(F)nc(F)c1-c1nccc[n+]12.[I-]. The van der Waals surface area contributed by atoms with Gasteiger partial charge in [-0.1, -0.05) is 11.7 Å². The lowest BCUT2D eigenvalue weighted by atomic mass is 9.77. The van der Waals surface area contributed by atoms with Gasteiger partial charge in [0.05, 0.1) is 23.9 Å². The third-order valence-corrected chi connectivity index (χ3v) is 6.16. The number of aromatic nitrogens is 4. The number of nitrogens with one attached hydrogen (secondary N) is 1. The van der Waals surface area contributed by atoms with Gasteiger partial charge in [0.2, 0.25) is 18.1 Å². The lowest BCUT2D eigenvalue weighted by molar-refractivity contribution is -0.865. The van der Waals surface area contributed by atoms with Crippen molar-refractivity contribution in [2.75, 3.05) is 7.05 Å². The minimum Gasteiger partial charge on any atom is -1.00 e. The van der Waals surface area contributed by atoms with Crippen LogP contribution in [0.25, 0.3) is 11.4 Å². The molecule has 4 atom stereocenters. The summed E-state index contributed by atoms with van der Waals surface area (Å²) in [6.45, 7) is 4.44. The highest BCUT2D eigenvalue weighted by Crippen LogP contribution is 2.48. The van der Waals surface area contributed by atoms with Crippen molar-refractivity contribution in [1.82, 2.24) is 19.9 Å². The van der Waals surface area contributed by atoms with Gasteiger partial charge in [-0.2, -0.15) is 18.8 Å². The van der Waals surface area contributed by atoms with Crippen molar-refractivity contribution < 1.29 is 42.3 Å². The molecule has 3 aromatic rings. The third kappa shape index (κ3) is 2.67. The smallest absolute Gasteiger partial charge is 0.335 e. The van der Waals surface area contributed by atoms with Gasteiger partial charge in [-0.15, -0.1) is 0 Å². The van der Waals surface area contributed by atoms with Crippen LogP contribution in [0.15, 0.2) is 60.2 Å². The van der Waals surface area contributed by atoms with Crippen LogP contribution in [0.2, 0.25) is 0 Å². The number of hydrogen-bond donors (Lipinski definition) is 1. The van der Waals surface area contributed by atoms with Crippen LogP contribution >= 0.6 is 0 Å². The van der Waals surface area contributed by atoms with E-state index in [9.17, 15) is 8.78 Å². The summed E-state index contributed by atoms with van der Waals surface area (Å²) in [6.07, 6.45) is 8.51. The fourth-order valence-electron chi connectivity index (χ4n) is 5.02. The Morgan fingerprint density at radius 2 is 2.06 bits per heavy atom. The summed E-state index contributed by atoms with van der Waals surface area (Å²) in [6, 6.07) is 4.69. The average molecular weight is 532 g/mol. The Balaban J connectivity index is 0.00000204. The Bertz CT molecular complexity index is 1260. The van der Waals surface area contributed by atoms with E-state index in [4.69, 9.17) is 0 Å². The first-order valence-corrected chi connectivity index (χ1v) is 9.54. The molecule has 3 aromatic heterocycles. The Morgan fingerprint density at radius 1 is 1.23 bits per heavy atom. The quantitative estimate of drug-likeness (QED) is 0.159. The minimum atomic E-state index is -0.871. The van der Waals surface area contributed by atoms with Gasteiger partial charge in [0, 0.05) is 24.9 Å². The third-order valence-electron chi connectivity index (χ3n) is 6.16. The number of quaternary nitrogens is 1. The van der Waals surface area contributed by atoms with Crippen LogP contribution in [-0.2, 0) is 0 Å². The number of rotatable bonds is 0. The van der Waals surface area contributed by atoms with Crippen molar-refractivity contribution in [3.8, 4) is 11.4 Å². The summed E-state index contributed by atoms with van der Waals surface area (Å²) >= 11 is 0. The second-order valence-electron chi connectivity index (χ2n) is 7.71. The second-order valence-corrected chi connectivity index (χ2v) is 7.71. The van der Waals surface area contributed by atoms with E-state index in [1.807, 2.05) is 28.8 Å². The van der Waals surface area contributed by atoms with Gasteiger partial charge in [-0.3, -0.25) is 4.98 Å². The van der Waals surface area contributed by atoms with Crippen molar-refractivity contribution >= 4 is 12.0 Å². The molecule has 31 heavy (non-hydrogen) atoms. The molecule has 0 saturated carbocycles. The standard InChI is InChI=1S/C21H16F2N7.HI/c1-11-18-16(12-4-6-24-9-14(12)30-21(11)28(2)10-26-30)13-8-15(22)27-19(23)17(13)20-25-5-3-7-29(18)20;/h3-10,16,18,21H,1H2,2H3;1H/q+1;. The molecule has 0 aliphatic carbocycles. The van der Waals surface area contributed by atoms with Crippen LogP contribution in [0.3, 0.4) is 0 Å². The van der Waals surface area contributed by atoms with Gasteiger partial charge in [0.25, 0.3) is 0 Å². The molecule has 4 unspecified atom stereocenters. The number of fused-ring (bicyclic) bond motifs is 10. The zero-order valence-electron chi connectivity index (χ0n) is 16.4. The normalized spacial score (nSPS) is 24.9. The van der Waals surface area contributed by atoms with E-state index in [-0.39, 0.29) is 47.7 Å². The van der Waals surface area contributed by atoms with Crippen LogP contribution in [0, 0.1) is 11.9 Å². The van der Waals surface area contributed by atoms with Gasteiger partial charge < -0.3 is 28.9 Å². The fraction of sp³-hybridized carbons (Fsp3) is 0.190. The number of halogens is 3. The Morgan fingerprint density at radius 3 is 2.90 bits per heavy atom. The molecule has 7 nitrogen and oxygen atoms in total. The van der Waals surface area contributed by atoms with Crippen LogP contribution in [0.1, 0.15) is 23.1 Å². The first-order valence-electron chi connectivity index (χ1n) is 9.54. The van der Waals surface area contributed by atoms with Crippen LogP contribution in [-0.4, -0.2) is 39.4 Å². The molecule has 0 amide bonds. The van der Waals surface area contributed by atoms with Gasteiger partial charge in [-0.25, -0.2) is 4.57 Å². The topological polar surface area (TPSA) is 62.6 Å². The van der Waals surface area contributed by atoms with E-state index >= 15 is 0 Å². The molecule has 0 spiro atoms. The molecule has 156 valence electrons. The summed E-state index contributed by atoms with van der Waals surface area (Å²) in [5, 5.41) is 5.46. The molecule has 0 fully saturated rings. The number of nitrogens with zero attached hydrogens (tertiary/aromatic N) is 6. The highest BCUT2D eigenvalue weighted by atomic mass is 127. The fourth-order valence-corrected chi connectivity index (χ4v) is 5.02. The predicted octanol–water partition coefficient (Wildman–Crippen LogP) is -1.90. The highest BCUT2D eigenvalue weighted by molar-refractivity contribution is 5.65. The summed E-state index contributed by atoms with van der Waals surface area (Å²) in [5.74, 6) is -1.71. The van der Waals surface area contributed by atoms with E-state index in [0.717, 1.165) is 21.8 Å². The average Bonchev–Trinajstić information content (AvgIpc) is 3.08. The lowest BCUT2D eigenvalue weighted by Crippen LogP contribution is -3.07. The zero-order chi connectivity index (χ0) is 20.6. The van der Waals surface area contributed by atoms with Gasteiger partial charge in [0.1, 0.15) is 17.8 Å². The molecule has 0 bridgehead atoms. The second kappa shape index (κ2) is 7.09. The van der Waals surface area contributed by atoms with Crippen LogP contribution in [0.4, 0.5) is 14.5 Å². The number of likely N-dealkylation sites (N-methyl/N-ethyl adjacent to an activating group) is 1. The monoisotopic (exact) mass is 532 g/mol. The molecule has 3 aliphatic rings. The van der Waals surface area contributed by atoms with Crippen molar-refractivity contribution in [1.29, 1.82) is 0 Å². The number of pyridine rings is 2. The largest absolute Gasteiger partial charge is 1.00 e. The summed E-state index contributed by atoms with van der Waals surface area (Å²) < 4.78 is 31.2. The molecule has 3 aliphatic heterocycles. The molecule has 0 saturated heterocycles. The lowest BCUT2D eigenvalue weighted by Gasteiger charge is -2.32. The van der Waals surface area contributed by atoms with E-state index < -0.39 is 11.9 Å². The maximum absolute atomic E-state index is 15.0. The summed E-state index contributed by atoms with van der Waals surface area (Å²) in [5.41, 5.74) is 3.34. The Hall–Kier alpha value is -2.86. The molecule has 0 radical (unpaired) electrons. The van der Waals surface area contributed by atoms with E-state index in [2.05, 4.69) is 26.6 Å². The highest BCUT2D eigenvalue weighted by Gasteiger charge is 2.53. The van der Waals surface area contributed by atoms with Gasteiger partial charge in [0.15, 0.2) is 12.0 Å². The molecule has 6 rings (SSSR count). The molecule has 10 heteroatoms. The van der Waals surface area contributed by atoms with Gasteiger partial charge >= 0.3 is 5.82 Å². The number of hydrogen-bond acceptors (Lipinski definition) is 5. The van der Waals surface area contributed by atoms with Crippen molar-refractivity contribution in [3.05, 3.63) is 78.2 Å². The van der Waals surface area contributed by atoms with Crippen LogP contribution < -0.4 is 33.6 Å². The van der Waals surface area contributed by atoms with Crippen molar-refractivity contribution in [2.24, 2.45) is 5.10 Å². The van der Waals surface area contributed by atoms with Crippen molar-refractivity contribution in [2.45, 2.75) is 18.1 Å². The van der Waals surface area contributed by atoms with E-state index in [1.54, 1.807) is 31.0 Å². The first-order chi connectivity index (χ1) is 14.6. The maximum atomic E-state index is 15.0. The predicted molar refractivity (Wildman–Crippen MR) is 103 cm³/mol. The van der Waals surface area contributed by atoms with E-state index in [0.29, 0.717) is 11.4 Å². The van der Waals surface area contributed by atoms with Gasteiger partial charge in [-0.05, 0) is 22.7 Å². The molecule has 6 heterocycles. The molecular weight excluding hydrogens is 515 g/mol. The first kappa shape index (κ1) is 20.1. The Labute approximate surface area is 193 Å². The maximum Gasteiger partial charge on any atom is 0.335 e. The van der Waals surface area contributed by atoms with E-state index in [1.165, 1.54) is 6.07 Å². The Kier molecular flexibility index (Phi) is 4.59. The minimum absolute atomic E-state index is 0. The zero-order valence-corrected chi connectivity index (χ0v) is 18.5. The summed E-state index contributed by atoms with van der Waals surface area (Å²) in [7, 11) is 1.94. The molecule has 0 aromatic carbocycles. The molecular formula is C21H17F2IN7+. The van der Waals surface area contributed by atoms with Crippen LogP contribution in [0.5, 0.6) is 0 Å².